The summed E-state index contributed by atoms with van der Waals surface area (Å²) in [6.07, 6.45) is 5.78. The quantitative estimate of drug-likeness (QED) is 0.473. The van der Waals surface area contributed by atoms with Crippen molar-refractivity contribution in [2.75, 3.05) is 0 Å². The molecule has 11 heavy (non-hydrogen) atoms. The van der Waals surface area contributed by atoms with Gasteiger partial charge in [-0.3, -0.25) is 8.32 Å². The van der Waals surface area contributed by atoms with E-state index in [1.54, 1.807) is 0 Å². The van der Waals surface area contributed by atoms with Gasteiger partial charge in [0.2, 0.25) is 5.91 Å². The minimum atomic E-state index is 0.0962. The Labute approximate surface area is 81.9 Å². The number of hydrogen-bond donors (Lipinski definition) is 1. The lowest BCUT2D eigenvalue weighted by Crippen LogP contribution is -2.13. The lowest BCUT2D eigenvalue weighted by Gasteiger charge is -2.02. The molecule has 0 unspecified atom stereocenters. The normalized spacial score (nSPS) is 13.4. The van der Waals surface area contributed by atoms with Crippen LogP contribution >= 0.6 is 22.9 Å². The van der Waals surface area contributed by atoms with E-state index in [4.69, 9.17) is 0 Å². The molecule has 0 saturated heterocycles. The molecule has 0 spiro atoms. The molecule has 1 atom stereocenters. The summed E-state index contributed by atoms with van der Waals surface area (Å²) in [7, 11) is 0. The maximum absolute atomic E-state index is 10.8. The summed E-state index contributed by atoms with van der Waals surface area (Å²) in [5.41, 5.74) is 0. The molecule has 0 aromatic rings. The molecule has 2 nitrogen and oxygen atoms in total. The number of carbonyl (C=O) groups is 1. The van der Waals surface area contributed by atoms with E-state index >= 15 is 0 Å². The predicted molar refractivity (Wildman–Crippen MR) is 55.4 cm³/mol. The molecule has 0 rings (SSSR count). The zero-order chi connectivity index (χ0) is 8.69. The molecule has 0 aromatic heterocycles. The highest BCUT2D eigenvalue weighted by Gasteiger charge is 2.03. The largest absolute Gasteiger partial charge is 0.299 e. The number of nitrogens with one attached hydrogen (secondary N) is 1. The molecule has 0 aromatic carbocycles. The molecule has 0 aliphatic rings. The average Bonchev–Trinajstić information content (AvgIpc) is 2.00. The van der Waals surface area contributed by atoms with Gasteiger partial charge in [-0.25, -0.2) is 0 Å². The number of hydrogen-bond acceptors (Lipinski definition) is 1. The van der Waals surface area contributed by atoms with Crippen LogP contribution < -0.4 is 3.53 Å². The smallest absolute Gasteiger partial charge is 0.229 e. The summed E-state index contributed by atoms with van der Waals surface area (Å²) in [6, 6.07) is 0. The first-order chi connectivity index (χ1) is 5.20. The van der Waals surface area contributed by atoms with Crippen molar-refractivity contribution in [1.29, 1.82) is 0 Å². The van der Waals surface area contributed by atoms with Crippen molar-refractivity contribution in [2.24, 2.45) is 5.92 Å². The third-order valence-electron chi connectivity index (χ3n) is 1.31. The first-order valence-electron chi connectivity index (χ1n) is 3.76. The molecule has 0 radical (unpaired) electrons. The topological polar surface area (TPSA) is 29.1 Å². The summed E-state index contributed by atoms with van der Waals surface area (Å²) in [5, 5.41) is 0. The van der Waals surface area contributed by atoms with Crippen molar-refractivity contribution < 1.29 is 4.79 Å². The van der Waals surface area contributed by atoms with E-state index in [0.717, 1.165) is 6.42 Å². The molecule has 1 amide bonds. The molecule has 0 aliphatic heterocycles. The van der Waals surface area contributed by atoms with Crippen LogP contribution in [0.25, 0.3) is 0 Å². The fourth-order valence-electron chi connectivity index (χ4n) is 0.767. The first-order valence-corrected chi connectivity index (χ1v) is 4.84. The third kappa shape index (κ3) is 6.34. The van der Waals surface area contributed by atoms with Gasteiger partial charge in [-0.15, -0.1) is 0 Å². The Hall–Kier alpha value is -0.0600. The van der Waals surface area contributed by atoms with Crippen LogP contribution in [0.3, 0.4) is 0 Å². The maximum Gasteiger partial charge on any atom is 0.229 e. The highest BCUT2D eigenvalue weighted by molar-refractivity contribution is 14.1. The number of halogens is 1. The highest BCUT2D eigenvalue weighted by atomic mass is 127. The first kappa shape index (κ1) is 10.9. The van der Waals surface area contributed by atoms with Crippen molar-refractivity contribution in [3.05, 3.63) is 12.2 Å². The molecule has 0 aliphatic carbocycles. The van der Waals surface area contributed by atoms with Crippen LogP contribution in [-0.2, 0) is 4.79 Å². The second-order valence-electron chi connectivity index (χ2n) is 2.54. The Kier molecular flexibility index (Phi) is 6.60. The number of rotatable bonds is 4. The van der Waals surface area contributed by atoms with Crippen LogP contribution in [-0.4, -0.2) is 5.91 Å². The van der Waals surface area contributed by atoms with Gasteiger partial charge in [0.1, 0.15) is 0 Å². The molecule has 0 saturated carbocycles. The van der Waals surface area contributed by atoms with E-state index in [-0.39, 0.29) is 5.91 Å². The van der Waals surface area contributed by atoms with E-state index in [9.17, 15) is 4.79 Å². The van der Waals surface area contributed by atoms with Crippen LogP contribution in [0.15, 0.2) is 12.2 Å². The van der Waals surface area contributed by atoms with Gasteiger partial charge in [0.25, 0.3) is 0 Å². The Balaban J connectivity index is 3.59. The number of carbonyl (C=O) groups excluding carboxylic acids is 1. The summed E-state index contributed by atoms with van der Waals surface area (Å²) in [6.45, 7) is 4.12. The predicted octanol–water partition coefficient (Wildman–Crippen LogP) is 2.45. The van der Waals surface area contributed by atoms with Crippen LogP contribution in [0.5, 0.6) is 0 Å². The fourth-order valence-corrected chi connectivity index (χ4v) is 0.988. The van der Waals surface area contributed by atoms with Crippen molar-refractivity contribution in [3.8, 4) is 0 Å². The van der Waals surface area contributed by atoms with Crippen LogP contribution in [0.1, 0.15) is 26.7 Å². The van der Waals surface area contributed by atoms with Gasteiger partial charge < -0.3 is 0 Å². The minimum absolute atomic E-state index is 0.0962. The van der Waals surface area contributed by atoms with Gasteiger partial charge in [-0.2, -0.15) is 0 Å². The standard InChI is InChI=1S/C8H14INO/c1-3-4-5-7(2)6-8(11)10-9/h4-5,7H,3,6H2,1-2H3,(H,10,11)/b5-4+/t7-/m1/s1. The van der Waals surface area contributed by atoms with Gasteiger partial charge in [-0.05, 0) is 12.3 Å². The van der Waals surface area contributed by atoms with Crippen molar-refractivity contribution in [1.82, 2.24) is 3.53 Å². The number of amides is 1. The Morgan fingerprint density at radius 3 is 2.82 bits per heavy atom. The van der Waals surface area contributed by atoms with Crippen LogP contribution in [0.4, 0.5) is 0 Å². The average molecular weight is 267 g/mol. The molecule has 1 N–H and O–H groups in total. The van der Waals surface area contributed by atoms with Crippen molar-refractivity contribution in [3.63, 3.8) is 0 Å². The second-order valence-corrected chi connectivity index (χ2v) is 3.07. The minimum Gasteiger partial charge on any atom is -0.299 e. The SMILES string of the molecule is CC/C=C/[C@@H](C)CC(=O)NI. The van der Waals surface area contributed by atoms with Crippen molar-refractivity contribution >= 4 is 28.8 Å². The lowest BCUT2D eigenvalue weighted by atomic mass is 10.1. The zero-order valence-electron chi connectivity index (χ0n) is 6.93. The molecule has 64 valence electrons. The maximum atomic E-state index is 10.8. The fraction of sp³-hybridized carbons (Fsp3) is 0.625. The molecule has 3 heteroatoms. The summed E-state index contributed by atoms with van der Waals surface area (Å²) in [5.74, 6) is 0.448. The van der Waals surface area contributed by atoms with Gasteiger partial charge >= 0.3 is 0 Å². The van der Waals surface area contributed by atoms with Gasteiger partial charge in [-0.1, -0.05) is 26.0 Å². The summed E-state index contributed by atoms with van der Waals surface area (Å²) >= 11 is 1.86. The molecular weight excluding hydrogens is 253 g/mol. The summed E-state index contributed by atoms with van der Waals surface area (Å²) in [4.78, 5) is 10.8. The monoisotopic (exact) mass is 267 g/mol. The second kappa shape index (κ2) is 6.64. The van der Waals surface area contributed by atoms with Gasteiger partial charge in [0.15, 0.2) is 0 Å². The van der Waals surface area contributed by atoms with E-state index in [1.807, 2.05) is 29.8 Å². The van der Waals surface area contributed by atoms with Crippen molar-refractivity contribution in [2.45, 2.75) is 26.7 Å². The summed E-state index contributed by atoms with van der Waals surface area (Å²) < 4.78 is 2.57. The molecular formula is C8H14INO. The zero-order valence-corrected chi connectivity index (χ0v) is 9.09. The number of allylic oxidation sites excluding steroid dienone is 2. The molecule has 0 heterocycles. The molecule has 0 fully saturated rings. The Morgan fingerprint density at radius 1 is 1.73 bits per heavy atom. The Bertz CT molecular complexity index is 145. The van der Waals surface area contributed by atoms with Crippen LogP contribution in [0, 0.1) is 5.92 Å². The van der Waals surface area contributed by atoms with E-state index in [1.165, 1.54) is 0 Å². The van der Waals surface area contributed by atoms with Crippen LogP contribution in [0.2, 0.25) is 0 Å². The van der Waals surface area contributed by atoms with E-state index in [0.29, 0.717) is 12.3 Å². The van der Waals surface area contributed by atoms with Gasteiger partial charge in [0, 0.05) is 6.42 Å². The van der Waals surface area contributed by atoms with E-state index in [2.05, 4.69) is 22.6 Å². The third-order valence-corrected chi connectivity index (χ3v) is 1.91. The van der Waals surface area contributed by atoms with E-state index < -0.39 is 0 Å². The Morgan fingerprint density at radius 2 is 2.36 bits per heavy atom. The molecule has 0 bridgehead atoms. The van der Waals surface area contributed by atoms with Gasteiger partial charge in [0.05, 0.1) is 22.9 Å². The highest BCUT2D eigenvalue weighted by Crippen LogP contribution is 2.04. The lowest BCUT2D eigenvalue weighted by molar-refractivity contribution is -0.119.